The summed E-state index contributed by atoms with van der Waals surface area (Å²) >= 11 is 0. The van der Waals surface area contributed by atoms with E-state index in [0.717, 1.165) is 0 Å². The van der Waals surface area contributed by atoms with E-state index in [9.17, 15) is 4.79 Å². The average Bonchev–Trinajstić information content (AvgIpc) is 1.94. The lowest BCUT2D eigenvalue weighted by molar-refractivity contribution is -0.133. The molecular formula is C9H13NO2. The number of carboxylic acids is 1. The van der Waals surface area contributed by atoms with Crippen LogP contribution in [0.5, 0.6) is 0 Å². The van der Waals surface area contributed by atoms with Crippen molar-refractivity contribution < 1.29 is 9.90 Å². The first kappa shape index (κ1) is 9.00. The van der Waals surface area contributed by atoms with Crippen molar-refractivity contribution >= 4 is 5.97 Å². The van der Waals surface area contributed by atoms with Gasteiger partial charge < -0.3 is 10.8 Å². The Bertz CT molecular complexity index is 264. The maximum absolute atomic E-state index is 10.7. The molecule has 0 bridgehead atoms. The molecule has 66 valence electrons. The molecule has 0 aromatic carbocycles. The van der Waals surface area contributed by atoms with Gasteiger partial charge in [0.25, 0.3) is 0 Å². The minimum absolute atomic E-state index is 0.139. The molecule has 0 aromatic heterocycles. The van der Waals surface area contributed by atoms with Gasteiger partial charge >= 0.3 is 5.97 Å². The smallest absolute Gasteiger partial charge is 0.331 e. The fraction of sp³-hybridized carbons (Fsp3) is 0.444. The standard InChI is InChI=1S/C9H13NO2/c1-6-7(8(11)12)4-3-5-9(6,2)10/h3-6H,10H2,1-2H3,(H,11,12). The number of aliphatic carboxylic acids is 1. The van der Waals surface area contributed by atoms with E-state index in [4.69, 9.17) is 10.8 Å². The first-order valence-electron chi connectivity index (χ1n) is 3.87. The van der Waals surface area contributed by atoms with Crippen molar-refractivity contribution in [2.75, 3.05) is 0 Å². The summed E-state index contributed by atoms with van der Waals surface area (Å²) in [7, 11) is 0. The number of hydrogen-bond acceptors (Lipinski definition) is 2. The number of hydrogen-bond donors (Lipinski definition) is 2. The fourth-order valence-corrected chi connectivity index (χ4v) is 1.24. The molecule has 0 aromatic rings. The summed E-state index contributed by atoms with van der Waals surface area (Å²) in [5.74, 6) is -1.02. The molecule has 12 heavy (non-hydrogen) atoms. The van der Waals surface area contributed by atoms with Gasteiger partial charge in [0.15, 0.2) is 0 Å². The van der Waals surface area contributed by atoms with Crippen molar-refractivity contribution in [2.45, 2.75) is 19.4 Å². The van der Waals surface area contributed by atoms with Crippen LogP contribution in [-0.4, -0.2) is 16.6 Å². The Morgan fingerprint density at radius 2 is 2.33 bits per heavy atom. The fourth-order valence-electron chi connectivity index (χ4n) is 1.24. The lowest BCUT2D eigenvalue weighted by Gasteiger charge is -2.31. The maximum Gasteiger partial charge on any atom is 0.331 e. The third-order valence-corrected chi connectivity index (χ3v) is 2.38. The molecule has 2 atom stereocenters. The predicted octanol–water partition coefficient (Wildman–Crippen LogP) is 0.921. The first-order valence-corrected chi connectivity index (χ1v) is 3.87. The van der Waals surface area contributed by atoms with E-state index >= 15 is 0 Å². The largest absolute Gasteiger partial charge is 0.478 e. The van der Waals surface area contributed by atoms with Crippen LogP contribution in [0.2, 0.25) is 0 Å². The number of nitrogens with two attached hydrogens (primary N) is 1. The normalized spacial score (nSPS) is 34.6. The molecular weight excluding hydrogens is 154 g/mol. The molecule has 0 aliphatic heterocycles. The van der Waals surface area contributed by atoms with Crippen LogP contribution in [0.1, 0.15) is 13.8 Å². The van der Waals surface area contributed by atoms with Crippen LogP contribution >= 0.6 is 0 Å². The van der Waals surface area contributed by atoms with E-state index in [1.165, 1.54) is 0 Å². The Kier molecular flexibility index (Phi) is 2.06. The molecule has 1 aliphatic carbocycles. The number of carbonyl (C=O) groups is 1. The van der Waals surface area contributed by atoms with E-state index in [0.29, 0.717) is 5.57 Å². The van der Waals surface area contributed by atoms with Gasteiger partial charge in [0.1, 0.15) is 0 Å². The van der Waals surface area contributed by atoms with Gasteiger partial charge in [-0.2, -0.15) is 0 Å². The molecule has 1 rings (SSSR count). The quantitative estimate of drug-likeness (QED) is 0.610. The maximum atomic E-state index is 10.7. The number of rotatable bonds is 1. The van der Waals surface area contributed by atoms with Crippen molar-refractivity contribution in [1.82, 2.24) is 0 Å². The lowest BCUT2D eigenvalue weighted by atomic mass is 9.79. The van der Waals surface area contributed by atoms with Crippen LogP contribution in [0.15, 0.2) is 23.8 Å². The van der Waals surface area contributed by atoms with Crippen LogP contribution in [0, 0.1) is 5.92 Å². The van der Waals surface area contributed by atoms with E-state index < -0.39 is 11.5 Å². The van der Waals surface area contributed by atoms with Gasteiger partial charge in [-0.3, -0.25) is 0 Å². The molecule has 0 amide bonds. The zero-order chi connectivity index (χ0) is 9.35. The van der Waals surface area contributed by atoms with Crippen LogP contribution in [0.4, 0.5) is 0 Å². The van der Waals surface area contributed by atoms with Gasteiger partial charge in [-0.1, -0.05) is 25.2 Å². The van der Waals surface area contributed by atoms with Gasteiger partial charge in [-0.05, 0) is 6.92 Å². The Balaban J connectivity index is 2.99. The predicted molar refractivity (Wildman–Crippen MR) is 46.6 cm³/mol. The highest BCUT2D eigenvalue weighted by Gasteiger charge is 2.31. The highest BCUT2D eigenvalue weighted by molar-refractivity contribution is 5.88. The third-order valence-electron chi connectivity index (χ3n) is 2.38. The highest BCUT2D eigenvalue weighted by atomic mass is 16.4. The number of carboxylic acid groups (broad SMARTS) is 1. The average molecular weight is 167 g/mol. The van der Waals surface area contributed by atoms with Crippen molar-refractivity contribution in [3.8, 4) is 0 Å². The zero-order valence-electron chi connectivity index (χ0n) is 7.24. The van der Waals surface area contributed by atoms with E-state index in [1.807, 2.05) is 19.9 Å². The molecule has 0 fully saturated rings. The van der Waals surface area contributed by atoms with Gasteiger partial charge in [0.05, 0.1) is 0 Å². The Labute approximate surface area is 71.6 Å². The van der Waals surface area contributed by atoms with Crippen molar-refractivity contribution in [2.24, 2.45) is 11.7 Å². The summed E-state index contributed by atoms with van der Waals surface area (Å²) in [5, 5.41) is 8.78. The monoisotopic (exact) mass is 167 g/mol. The van der Waals surface area contributed by atoms with E-state index in [1.54, 1.807) is 12.2 Å². The zero-order valence-corrected chi connectivity index (χ0v) is 7.24. The molecule has 0 heterocycles. The SMILES string of the molecule is CC1C(C(=O)O)=CC=CC1(C)N. The number of allylic oxidation sites excluding steroid dienone is 2. The summed E-state index contributed by atoms with van der Waals surface area (Å²) < 4.78 is 0. The summed E-state index contributed by atoms with van der Waals surface area (Å²) in [4.78, 5) is 10.7. The molecule has 0 saturated carbocycles. The molecule has 0 saturated heterocycles. The first-order chi connectivity index (χ1) is 5.45. The molecule has 1 aliphatic rings. The van der Waals surface area contributed by atoms with Crippen LogP contribution < -0.4 is 5.73 Å². The van der Waals surface area contributed by atoms with Crippen molar-refractivity contribution in [1.29, 1.82) is 0 Å². The van der Waals surface area contributed by atoms with E-state index in [-0.39, 0.29) is 5.92 Å². The van der Waals surface area contributed by atoms with Gasteiger partial charge in [0.2, 0.25) is 0 Å². The molecule has 2 unspecified atom stereocenters. The minimum Gasteiger partial charge on any atom is -0.478 e. The Morgan fingerprint density at radius 1 is 1.75 bits per heavy atom. The van der Waals surface area contributed by atoms with E-state index in [2.05, 4.69) is 0 Å². The van der Waals surface area contributed by atoms with Crippen LogP contribution in [0.3, 0.4) is 0 Å². The van der Waals surface area contributed by atoms with Crippen LogP contribution in [0.25, 0.3) is 0 Å². The lowest BCUT2D eigenvalue weighted by Crippen LogP contribution is -2.44. The Hall–Kier alpha value is -1.09. The van der Waals surface area contributed by atoms with Crippen molar-refractivity contribution in [3.05, 3.63) is 23.8 Å². The second-order valence-electron chi connectivity index (χ2n) is 3.37. The molecule has 3 N–H and O–H groups in total. The summed E-state index contributed by atoms with van der Waals surface area (Å²) in [6, 6.07) is 0. The molecule has 3 nitrogen and oxygen atoms in total. The second-order valence-corrected chi connectivity index (χ2v) is 3.37. The second kappa shape index (κ2) is 2.75. The summed E-state index contributed by atoms with van der Waals surface area (Å²) in [6.07, 6.45) is 5.12. The molecule has 0 spiro atoms. The molecule has 3 heteroatoms. The summed E-state index contributed by atoms with van der Waals surface area (Å²) in [6.45, 7) is 3.65. The topological polar surface area (TPSA) is 63.3 Å². The van der Waals surface area contributed by atoms with Gasteiger partial charge in [0, 0.05) is 17.0 Å². The van der Waals surface area contributed by atoms with Crippen molar-refractivity contribution in [3.63, 3.8) is 0 Å². The summed E-state index contributed by atoms with van der Waals surface area (Å²) in [5.41, 5.74) is 5.70. The molecule has 0 radical (unpaired) electrons. The third kappa shape index (κ3) is 1.41. The highest BCUT2D eigenvalue weighted by Crippen LogP contribution is 2.27. The minimum atomic E-state index is -0.886. The van der Waals surface area contributed by atoms with Gasteiger partial charge in [-0.25, -0.2) is 4.79 Å². The van der Waals surface area contributed by atoms with Gasteiger partial charge in [-0.15, -0.1) is 0 Å². The van der Waals surface area contributed by atoms with Crippen LogP contribution in [-0.2, 0) is 4.79 Å². The Morgan fingerprint density at radius 3 is 2.75 bits per heavy atom.